The van der Waals surface area contributed by atoms with Crippen molar-refractivity contribution in [1.29, 1.82) is 0 Å². The van der Waals surface area contributed by atoms with Gasteiger partial charge < -0.3 is 0 Å². The van der Waals surface area contributed by atoms with Gasteiger partial charge in [-0.3, -0.25) is 0 Å². The number of hydrogen-bond donors (Lipinski definition) is 0. The van der Waals surface area contributed by atoms with Crippen LogP contribution in [0, 0.1) is 0 Å². The van der Waals surface area contributed by atoms with Gasteiger partial charge in [0.1, 0.15) is 5.16 Å². The van der Waals surface area contributed by atoms with Gasteiger partial charge in [-0.1, -0.05) is 35.7 Å². The Balaban J connectivity index is 2.95. The Morgan fingerprint density at radius 2 is 2.08 bits per heavy atom. The van der Waals surface area contributed by atoms with Crippen molar-refractivity contribution in [3.8, 4) is 0 Å². The Labute approximate surface area is 89.1 Å². The van der Waals surface area contributed by atoms with Crippen LogP contribution in [0.4, 0.5) is 0 Å². The van der Waals surface area contributed by atoms with E-state index in [9.17, 15) is 0 Å². The molecule has 72 valence electrons. The predicted octanol–water partition coefficient (Wildman–Crippen LogP) is 4.22. The highest BCUT2D eigenvalue weighted by molar-refractivity contribution is 6.35. The molecule has 1 aliphatic heterocycles. The SMILES string of the molecule is CCC1=NC(Cl)=CC(Cl)=C(C)CC1. The molecule has 0 aromatic heterocycles. The molecule has 3 heteroatoms. The van der Waals surface area contributed by atoms with Crippen molar-refractivity contribution >= 4 is 28.9 Å². The van der Waals surface area contributed by atoms with Gasteiger partial charge in [-0.15, -0.1) is 0 Å². The third-order valence-electron chi connectivity index (χ3n) is 2.12. The van der Waals surface area contributed by atoms with Crippen molar-refractivity contribution in [1.82, 2.24) is 0 Å². The van der Waals surface area contributed by atoms with Crippen molar-refractivity contribution in [3.63, 3.8) is 0 Å². The van der Waals surface area contributed by atoms with E-state index in [1.165, 1.54) is 5.57 Å². The van der Waals surface area contributed by atoms with Crippen LogP contribution >= 0.6 is 23.2 Å². The predicted molar refractivity (Wildman–Crippen MR) is 59.4 cm³/mol. The van der Waals surface area contributed by atoms with Crippen LogP contribution in [0.3, 0.4) is 0 Å². The summed E-state index contributed by atoms with van der Waals surface area (Å²) in [5, 5.41) is 1.21. The summed E-state index contributed by atoms with van der Waals surface area (Å²) in [5.74, 6) is 0. The van der Waals surface area contributed by atoms with E-state index >= 15 is 0 Å². The van der Waals surface area contributed by atoms with Crippen LogP contribution in [0.2, 0.25) is 0 Å². The highest BCUT2D eigenvalue weighted by Crippen LogP contribution is 2.23. The Hall–Kier alpha value is -0.270. The van der Waals surface area contributed by atoms with Gasteiger partial charge in [0.05, 0.1) is 0 Å². The molecule has 0 saturated carbocycles. The Bertz CT molecular complexity index is 287. The zero-order valence-electron chi connectivity index (χ0n) is 7.90. The maximum absolute atomic E-state index is 5.98. The number of rotatable bonds is 1. The molecular weight excluding hydrogens is 205 g/mol. The van der Waals surface area contributed by atoms with Crippen molar-refractivity contribution in [2.45, 2.75) is 33.1 Å². The largest absolute Gasteiger partial charge is 0.245 e. The number of aliphatic imine (C=N–C) groups is 1. The number of hydrogen-bond acceptors (Lipinski definition) is 1. The monoisotopic (exact) mass is 217 g/mol. The second-order valence-electron chi connectivity index (χ2n) is 3.13. The van der Waals surface area contributed by atoms with Crippen LogP contribution in [0.5, 0.6) is 0 Å². The van der Waals surface area contributed by atoms with E-state index in [2.05, 4.69) is 11.9 Å². The smallest absolute Gasteiger partial charge is 0.130 e. The molecule has 0 unspecified atom stereocenters. The first kappa shape index (κ1) is 10.8. The average molecular weight is 218 g/mol. The first-order chi connectivity index (χ1) is 6.13. The van der Waals surface area contributed by atoms with Crippen LogP contribution < -0.4 is 0 Å². The van der Waals surface area contributed by atoms with Gasteiger partial charge >= 0.3 is 0 Å². The van der Waals surface area contributed by atoms with Gasteiger partial charge in [0.15, 0.2) is 0 Å². The fraction of sp³-hybridized carbons (Fsp3) is 0.500. The Morgan fingerprint density at radius 1 is 1.38 bits per heavy atom. The summed E-state index contributed by atoms with van der Waals surface area (Å²) in [6.07, 6.45) is 4.61. The summed E-state index contributed by atoms with van der Waals surface area (Å²) in [4.78, 5) is 4.26. The normalized spacial score (nSPS) is 19.1. The molecule has 0 amide bonds. The van der Waals surface area contributed by atoms with Crippen molar-refractivity contribution in [2.75, 3.05) is 0 Å². The minimum absolute atomic E-state index is 0.487. The molecule has 1 rings (SSSR count). The molecule has 0 atom stereocenters. The number of nitrogens with zero attached hydrogens (tertiary/aromatic N) is 1. The molecule has 13 heavy (non-hydrogen) atoms. The lowest BCUT2D eigenvalue weighted by Crippen LogP contribution is -1.99. The van der Waals surface area contributed by atoms with Crippen LogP contribution in [0.25, 0.3) is 0 Å². The van der Waals surface area contributed by atoms with Crippen LogP contribution in [-0.4, -0.2) is 5.71 Å². The second kappa shape index (κ2) is 4.83. The standard InChI is InChI=1S/C10H13Cl2N/c1-3-8-5-4-7(2)9(11)6-10(12)13-8/h6H,3-5H2,1-2H3. The summed E-state index contributed by atoms with van der Waals surface area (Å²) in [7, 11) is 0. The maximum Gasteiger partial charge on any atom is 0.130 e. The number of allylic oxidation sites excluding steroid dienone is 3. The first-order valence-corrected chi connectivity index (χ1v) is 5.18. The van der Waals surface area contributed by atoms with Gasteiger partial charge in [0.2, 0.25) is 0 Å². The fourth-order valence-corrected chi connectivity index (χ4v) is 1.66. The average Bonchev–Trinajstić information content (AvgIpc) is 2.09. The minimum Gasteiger partial charge on any atom is -0.245 e. The molecular formula is C10H13Cl2N. The van der Waals surface area contributed by atoms with E-state index in [-0.39, 0.29) is 0 Å². The fourth-order valence-electron chi connectivity index (χ4n) is 1.17. The quantitative estimate of drug-likeness (QED) is 0.584. The number of halogens is 2. The third kappa shape index (κ3) is 3.17. The molecule has 1 aliphatic rings. The van der Waals surface area contributed by atoms with Crippen LogP contribution in [0.1, 0.15) is 33.1 Å². The van der Waals surface area contributed by atoms with Gasteiger partial charge in [0, 0.05) is 10.7 Å². The lowest BCUT2D eigenvalue weighted by Gasteiger charge is -2.08. The van der Waals surface area contributed by atoms with Crippen LogP contribution in [0.15, 0.2) is 26.8 Å². The zero-order valence-corrected chi connectivity index (χ0v) is 9.41. The second-order valence-corrected chi connectivity index (χ2v) is 3.92. The van der Waals surface area contributed by atoms with E-state index in [4.69, 9.17) is 23.2 Å². The van der Waals surface area contributed by atoms with Crippen LogP contribution in [-0.2, 0) is 0 Å². The molecule has 1 heterocycles. The molecule has 0 spiro atoms. The molecule has 0 radical (unpaired) electrons. The maximum atomic E-state index is 5.98. The Kier molecular flexibility index (Phi) is 4.01. The highest BCUT2D eigenvalue weighted by atomic mass is 35.5. The topological polar surface area (TPSA) is 12.4 Å². The summed E-state index contributed by atoms with van der Waals surface area (Å²) >= 11 is 11.9. The summed E-state index contributed by atoms with van der Waals surface area (Å²) < 4.78 is 0. The van der Waals surface area contributed by atoms with E-state index in [1.54, 1.807) is 6.08 Å². The van der Waals surface area contributed by atoms with Crippen molar-refractivity contribution in [3.05, 3.63) is 21.8 Å². The molecule has 1 nitrogen and oxygen atoms in total. The van der Waals surface area contributed by atoms with Crippen molar-refractivity contribution in [2.24, 2.45) is 4.99 Å². The molecule has 0 N–H and O–H groups in total. The molecule has 0 saturated heterocycles. The lowest BCUT2D eigenvalue weighted by molar-refractivity contribution is 0.973. The molecule has 0 aliphatic carbocycles. The van der Waals surface area contributed by atoms with Gasteiger partial charge in [-0.05, 0) is 32.3 Å². The molecule has 0 bridgehead atoms. The van der Waals surface area contributed by atoms with E-state index in [1.807, 2.05) is 6.92 Å². The van der Waals surface area contributed by atoms with Gasteiger partial charge in [0.25, 0.3) is 0 Å². The van der Waals surface area contributed by atoms with Gasteiger partial charge in [-0.2, -0.15) is 0 Å². The Morgan fingerprint density at radius 3 is 2.69 bits per heavy atom. The zero-order chi connectivity index (χ0) is 9.84. The minimum atomic E-state index is 0.487. The molecule has 0 aromatic rings. The lowest BCUT2D eigenvalue weighted by atomic mass is 10.1. The summed E-state index contributed by atoms with van der Waals surface area (Å²) in [5.41, 5.74) is 2.32. The summed E-state index contributed by atoms with van der Waals surface area (Å²) in [6, 6.07) is 0. The molecule has 0 aromatic carbocycles. The van der Waals surface area contributed by atoms with Crippen molar-refractivity contribution < 1.29 is 0 Å². The van der Waals surface area contributed by atoms with E-state index in [0.717, 1.165) is 30.0 Å². The van der Waals surface area contributed by atoms with Gasteiger partial charge in [-0.25, -0.2) is 4.99 Å². The van der Waals surface area contributed by atoms with E-state index in [0.29, 0.717) is 5.16 Å². The third-order valence-corrected chi connectivity index (χ3v) is 2.74. The molecule has 0 fully saturated rings. The summed E-state index contributed by atoms with van der Waals surface area (Å²) in [6.45, 7) is 4.12. The first-order valence-electron chi connectivity index (χ1n) is 4.42. The highest BCUT2D eigenvalue weighted by Gasteiger charge is 2.06. The van der Waals surface area contributed by atoms with E-state index < -0.39 is 0 Å².